The predicted molar refractivity (Wildman–Crippen MR) is 107 cm³/mol. The van der Waals surface area contributed by atoms with Gasteiger partial charge in [-0.1, -0.05) is 36.6 Å². The second kappa shape index (κ2) is 9.03. The molecule has 8 heteroatoms. The van der Waals surface area contributed by atoms with E-state index in [1.807, 2.05) is 0 Å². The van der Waals surface area contributed by atoms with E-state index in [0.717, 1.165) is 25.7 Å². The number of amides is 1. The molecule has 150 valence electrons. The second-order valence-electron chi connectivity index (χ2n) is 6.77. The SMILES string of the molecule is O=C(Cc1c(F)cccc1Cl)Nc1cccc(S(=O)(=O)N2CCCCCC2)c1. The number of sulfonamides is 1. The van der Waals surface area contributed by atoms with Crippen molar-refractivity contribution < 1.29 is 17.6 Å². The molecule has 0 saturated carbocycles. The maximum atomic E-state index is 13.9. The molecule has 1 aliphatic rings. The van der Waals surface area contributed by atoms with E-state index in [9.17, 15) is 17.6 Å². The minimum Gasteiger partial charge on any atom is -0.326 e. The number of halogens is 2. The van der Waals surface area contributed by atoms with Gasteiger partial charge in [0, 0.05) is 29.4 Å². The lowest BCUT2D eigenvalue weighted by molar-refractivity contribution is -0.115. The van der Waals surface area contributed by atoms with Gasteiger partial charge in [0.2, 0.25) is 15.9 Å². The smallest absolute Gasteiger partial charge is 0.243 e. The van der Waals surface area contributed by atoms with E-state index in [0.29, 0.717) is 18.8 Å². The zero-order valence-electron chi connectivity index (χ0n) is 15.3. The molecule has 0 aromatic heterocycles. The number of anilines is 1. The fraction of sp³-hybridized carbons (Fsp3) is 0.350. The molecule has 0 aliphatic carbocycles. The van der Waals surface area contributed by atoms with Gasteiger partial charge < -0.3 is 5.32 Å². The van der Waals surface area contributed by atoms with Crippen molar-refractivity contribution in [3.05, 3.63) is 58.9 Å². The van der Waals surface area contributed by atoms with E-state index < -0.39 is 21.7 Å². The van der Waals surface area contributed by atoms with Crippen LogP contribution >= 0.6 is 11.6 Å². The van der Waals surface area contributed by atoms with E-state index >= 15 is 0 Å². The first-order valence-electron chi connectivity index (χ1n) is 9.21. The Morgan fingerprint density at radius 1 is 1.07 bits per heavy atom. The van der Waals surface area contributed by atoms with Crippen molar-refractivity contribution in [2.24, 2.45) is 0 Å². The maximum Gasteiger partial charge on any atom is 0.243 e. The molecule has 28 heavy (non-hydrogen) atoms. The third kappa shape index (κ3) is 4.90. The molecule has 1 heterocycles. The van der Waals surface area contributed by atoms with E-state index in [4.69, 9.17) is 11.6 Å². The van der Waals surface area contributed by atoms with E-state index in [1.165, 1.54) is 34.6 Å². The summed E-state index contributed by atoms with van der Waals surface area (Å²) in [6.45, 7) is 1.01. The van der Waals surface area contributed by atoms with Crippen molar-refractivity contribution in [3.63, 3.8) is 0 Å². The van der Waals surface area contributed by atoms with Crippen LogP contribution in [0.15, 0.2) is 47.4 Å². The largest absolute Gasteiger partial charge is 0.326 e. The highest BCUT2D eigenvalue weighted by Crippen LogP contribution is 2.24. The molecule has 0 bridgehead atoms. The zero-order chi connectivity index (χ0) is 20.1. The van der Waals surface area contributed by atoms with Crippen LogP contribution in [0.5, 0.6) is 0 Å². The maximum absolute atomic E-state index is 13.9. The van der Waals surface area contributed by atoms with E-state index in [2.05, 4.69) is 5.32 Å². The first-order chi connectivity index (χ1) is 13.4. The van der Waals surface area contributed by atoms with Crippen molar-refractivity contribution in [1.29, 1.82) is 0 Å². The first-order valence-corrected chi connectivity index (χ1v) is 11.0. The highest BCUT2D eigenvalue weighted by atomic mass is 35.5. The summed E-state index contributed by atoms with van der Waals surface area (Å²) in [5, 5.41) is 2.80. The summed E-state index contributed by atoms with van der Waals surface area (Å²) in [4.78, 5) is 12.4. The Balaban J connectivity index is 1.75. The van der Waals surface area contributed by atoms with Gasteiger partial charge in [-0.25, -0.2) is 12.8 Å². The topological polar surface area (TPSA) is 66.5 Å². The number of hydrogen-bond acceptors (Lipinski definition) is 3. The van der Waals surface area contributed by atoms with Crippen molar-refractivity contribution in [2.45, 2.75) is 37.0 Å². The second-order valence-corrected chi connectivity index (χ2v) is 9.12. The number of carbonyl (C=O) groups excluding carboxylic acids is 1. The summed E-state index contributed by atoms with van der Waals surface area (Å²) in [5.41, 5.74) is 0.448. The lowest BCUT2D eigenvalue weighted by Gasteiger charge is -2.20. The lowest BCUT2D eigenvalue weighted by atomic mass is 10.1. The van der Waals surface area contributed by atoms with Crippen LogP contribution < -0.4 is 5.32 Å². The summed E-state index contributed by atoms with van der Waals surface area (Å²) >= 11 is 5.96. The summed E-state index contributed by atoms with van der Waals surface area (Å²) in [6.07, 6.45) is 3.51. The molecule has 3 rings (SSSR count). The van der Waals surface area contributed by atoms with Gasteiger partial charge in [-0.05, 0) is 43.2 Å². The predicted octanol–water partition coefficient (Wildman–Crippen LogP) is 4.23. The Morgan fingerprint density at radius 2 is 1.75 bits per heavy atom. The van der Waals surface area contributed by atoms with Crippen LogP contribution in [0.4, 0.5) is 10.1 Å². The standard InChI is InChI=1S/C20H22ClFN2O3S/c21-18-9-6-10-19(22)17(18)14-20(25)23-15-7-5-8-16(13-15)28(26,27)24-11-3-1-2-4-12-24/h5-10,13H,1-4,11-12,14H2,(H,23,25). The Morgan fingerprint density at radius 3 is 2.43 bits per heavy atom. The van der Waals surface area contributed by atoms with Crippen LogP contribution in [0.3, 0.4) is 0 Å². The molecule has 1 saturated heterocycles. The van der Waals surface area contributed by atoms with Gasteiger partial charge in [-0.15, -0.1) is 0 Å². The molecule has 1 N–H and O–H groups in total. The lowest BCUT2D eigenvalue weighted by Crippen LogP contribution is -2.32. The van der Waals surface area contributed by atoms with Gasteiger partial charge >= 0.3 is 0 Å². The van der Waals surface area contributed by atoms with Gasteiger partial charge in [0.15, 0.2) is 0 Å². The van der Waals surface area contributed by atoms with Crippen molar-refractivity contribution >= 4 is 33.2 Å². The molecule has 0 radical (unpaired) electrons. The minimum atomic E-state index is -3.62. The number of nitrogens with one attached hydrogen (secondary N) is 1. The van der Waals surface area contributed by atoms with Crippen LogP contribution in [-0.2, 0) is 21.2 Å². The zero-order valence-corrected chi connectivity index (χ0v) is 16.9. The van der Waals surface area contributed by atoms with Crippen LogP contribution in [-0.4, -0.2) is 31.7 Å². The number of rotatable bonds is 5. The number of nitrogens with zero attached hydrogens (tertiary/aromatic N) is 1. The molecular weight excluding hydrogens is 403 g/mol. The summed E-state index contributed by atoms with van der Waals surface area (Å²) < 4.78 is 41.2. The highest BCUT2D eigenvalue weighted by molar-refractivity contribution is 7.89. The van der Waals surface area contributed by atoms with Crippen molar-refractivity contribution in [3.8, 4) is 0 Å². The minimum absolute atomic E-state index is 0.106. The third-order valence-electron chi connectivity index (χ3n) is 4.72. The van der Waals surface area contributed by atoms with Crippen molar-refractivity contribution in [2.75, 3.05) is 18.4 Å². The molecule has 5 nitrogen and oxygen atoms in total. The van der Waals surface area contributed by atoms with Crippen LogP contribution in [0, 0.1) is 5.82 Å². The first kappa shape index (κ1) is 20.8. The number of hydrogen-bond donors (Lipinski definition) is 1. The van der Waals surface area contributed by atoms with Gasteiger partial charge in [-0.3, -0.25) is 4.79 Å². The third-order valence-corrected chi connectivity index (χ3v) is 6.97. The monoisotopic (exact) mass is 424 g/mol. The summed E-state index contributed by atoms with van der Waals surface area (Å²) in [5.74, 6) is -1.03. The van der Waals surface area contributed by atoms with Crippen LogP contribution in [0.2, 0.25) is 5.02 Å². The van der Waals surface area contributed by atoms with Gasteiger partial charge in [-0.2, -0.15) is 4.31 Å². The van der Waals surface area contributed by atoms with Gasteiger partial charge in [0.25, 0.3) is 0 Å². The quantitative estimate of drug-likeness (QED) is 0.781. The Bertz CT molecular complexity index is 937. The molecule has 1 fully saturated rings. The van der Waals surface area contributed by atoms with Gasteiger partial charge in [0.1, 0.15) is 5.82 Å². The number of benzene rings is 2. The van der Waals surface area contributed by atoms with E-state index in [1.54, 1.807) is 12.1 Å². The molecule has 0 spiro atoms. The average molecular weight is 425 g/mol. The van der Waals surface area contributed by atoms with Crippen LogP contribution in [0.1, 0.15) is 31.2 Å². The summed E-state index contributed by atoms with van der Waals surface area (Å²) in [6, 6.07) is 10.4. The fourth-order valence-corrected chi connectivity index (χ4v) is 5.03. The molecule has 0 atom stereocenters. The molecular formula is C20H22ClFN2O3S. The Labute approximate surface area is 169 Å². The van der Waals surface area contributed by atoms with Crippen molar-refractivity contribution in [1.82, 2.24) is 4.31 Å². The van der Waals surface area contributed by atoms with Gasteiger partial charge in [0.05, 0.1) is 11.3 Å². The Hall–Kier alpha value is -1.96. The van der Waals surface area contributed by atoms with Crippen LogP contribution in [0.25, 0.3) is 0 Å². The molecule has 2 aromatic rings. The Kier molecular flexibility index (Phi) is 6.69. The van der Waals surface area contributed by atoms with E-state index in [-0.39, 0.29) is 21.9 Å². The number of carbonyl (C=O) groups is 1. The molecule has 1 amide bonds. The average Bonchev–Trinajstić information content (AvgIpc) is 2.95. The normalized spacial score (nSPS) is 15.8. The molecule has 0 unspecified atom stereocenters. The summed E-state index contributed by atoms with van der Waals surface area (Å²) in [7, 11) is -3.62. The molecule has 2 aromatic carbocycles. The molecule has 1 aliphatic heterocycles. The fourth-order valence-electron chi connectivity index (χ4n) is 3.23. The highest BCUT2D eigenvalue weighted by Gasteiger charge is 2.25.